The predicted molar refractivity (Wildman–Crippen MR) is 39.1 cm³/mol. The van der Waals surface area contributed by atoms with Crippen LogP contribution < -0.4 is 5.32 Å². The molecule has 0 amide bonds. The average Bonchev–Trinajstić information content (AvgIpc) is 2.17. The maximum Gasteiger partial charge on any atom is 0.208 e. The lowest BCUT2D eigenvalue weighted by Crippen LogP contribution is -1.94. The van der Waals surface area contributed by atoms with Crippen molar-refractivity contribution >= 4 is 28.1 Å². The fraction of sp³-hybridized carbons (Fsp3) is 0.500. The quantitative estimate of drug-likeness (QED) is 0.720. The maximum absolute atomic E-state index is 5.50. The summed E-state index contributed by atoms with van der Waals surface area (Å²) in [7, 11) is 0. The van der Waals surface area contributed by atoms with Crippen LogP contribution in [0.25, 0.3) is 0 Å². The van der Waals surface area contributed by atoms with E-state index < -0.39 is 0 Å². The number of hydrogen-bond acceptors (Lipinski definition) is 4. The van der Waals surface area contributed by atoms with E-state index in [1.165, 1.54) is 11.3 Å². The molecular weight excluding hydrogens is 158 g/mol. The standard InChI is InChI=1S/C4H6ClN3S/c1-2-6-4-8-7-3(5)9-4/h2H2,1H3,(H,6,8). The van der Waals surface area contributed by atoms with Crippen LogP contribution in [0.4, 0.5) is 5.13 Å². The second kappa shape index (κ2) is 2.98. The van der Waals surface area contributed by atoms with Gasteiger partial charge in [-0.15, -0.1) is 10.2 Å². The van der Waals surface area contributed by atoms with Gasteiger partial charge in [-0.05, 0) is 18.5 Å². The lowest BCUT2D eigenvalue weighted by atomic mass is 10.8. The molecule has 5 heteroatoms. The smallest absolute Gasteiger partial charge is 0.208 e. The zero-order valence-electron chi connectivity index (χ0n) is 4.89. The molecule has 0 unspecified atom stereocenters. The molecule has 1 N–H and O–H groups in total. The Morgan fingerprint density at radius 3 is 2.89 bits per heavy atom. The molecule has 0 fully saturated rings. The molecule has 0 saturated heterocycles. The molecule has 9 heavy (non-hydrogen) atoms. The molecule has 0 aliphatic heterocycles. The molecule has 1 aromatic heterocycles. The van der Waals surface area contributed by atoms with Crippen LogP contribution in [0.15, 0.2) is 0 Å². The summed E-state index contributed by atoms with van der Waals surface area (Å²) < 4.78 is 0.478. The van der Waals surface area contributed by atoms with Crippen molar-refractivity contribution < 1.29 is 0 Å². The van der Waals surface area contributed by atoms with Crippen LogP contribution >= 0.6 is 22.9 Å². The predicted octanol–water partition coefficient (Wildman–Crippen LogP) is 1.62. The Bertz CT molecular complexity index is 188. The van der Waals surface area contributed by atoms with E-state index in [-0.39, 0.29) is 0 Å². The SMILES string of the molecule is CCNc1nnc(Cl)s1. The third kappa shape index (κ3) is 1.80. The highest BCUT2D eigenvalue weighted by molar-refractivity contribution is 7.18. The summed E-state index contributed by atoms with van der Waals surface area (Å²) in [5.74, 6) is 0. The van der Waals surface area contributed by atoms with Gasteiger partial charge in [0, 0.05) is 6.54 Å². The van der Waals surface area contributed by atoms with E-state index in [2.05, 4.69) is 15.5 Å². The van der Waals surface area contributed by atoms with Gasteiger partial charge in [0.05, 0.1) is 0 Å². The van der Waals surface area contributed by atoms with Gasteiger partial charge in [-0.25, -0.2) is 0 Å². The number of rotatable bonds is 2. The van der Waals surface area contributed by atoms with Crippen molar-refractivity contribution in [1.29, 1.82) is 0 Å². The van der Waals surface area contributed by atoms with Crippen LogP contribution in [0.1, 0.15) is 6.92 Å². The fourth-order valence-corrected chi connectivity index (χ4v) is 1.22. The second-order valence-electron chi connectivity index (χ2n) is 1.39. The van der Waals surface area contributed by atoms with Crippen LogP contribution in [0.2, 0.25) is 4.47 Å². The van der Waals surface area contributed by atoms with Gasteiger partial charge in [0.25, 0.3) is 0 Å². The Morgan fingerprint density at radius 2 is 2.44 bits per heavy atom. The molecule has 0 aromatic carbocycles. The van der Waals surface area contributed by atoms with Crippen LogP contribution in [0.3, 0.4) is 0 Å². The topological polar surface area (TPSA) is 37.8 Å². The summed E-state index contributed by atoms with van der Waals surface area (Å²) in [6.07, 6.45) is 0. The molecule has 0 bridgehead atoms. The number of halogens is 1. The van der Waals surface area contributed by atoms with Crippen molar-refractivity contribution in [2.45, 2.75) is 6.92 Å². The molecule has 1 rings (SSSR count). The van der Waals surface area contributed by atoms with Crippen molar-refractivity contribution in [1.82, 2.24) is 10.2 Å². The van der Waals surface area contributed by atoms with Crippen LogP contribution in [-0.4, -0.2) is 16.7 Å². The summed E-state index contributed by atoms with van der Waals surface area (Å²) in [5, 5.41) is 11.1. The Morgan fingerprint density at radius 1 is 1.67 bits per heavy atom. The number of nitrogens with zero attached hydrogens (tertiary/aromatic N) is 2. The van der Waals surface area contributed by atoms with E-state index in [9.17, 15) is 0 Å². The molecule has 0 radical (unpaired) electrons. The Kier molecular flexibility index (Phi) is 2.24. The Balaban J connectivity index is 2.61. The van der Waals surface area contributed by atoms with Gasteiger partial charge in [0.15, 0.2) is 0 Å². The fourth-order valence-electron chi connectivity index (χ4n) is 0.428. The van der Waals surface area contributed by atoms with E-state index in [1.807, 2.05) is 6.92 Å². The van der Waals surface area contributed by atoms with E-state index in [0.717, 1.165) is 11.7 Å². The molecule has 0 aliphatic rings. The van der Waals surface area contributed by atoms with E-state index >= 15 is 0 Å². The van der Waals surface area contributed by atoms with Gasteiger partial charge in [0.2, 0.25) is 9.60 Å². The summed E-state index contributed by atoms with van der Waals surface area (Å²) in [6, 6.07) is 0. The lowest BCUT2D eigenvalue weighted by Gasteiger charge is -1.90. The van der Waals surface area contributed by atoms with Gasteiger partial charge >= 0.3 is 0 Å². The average molecular weight is 164 g/mol. The molecular formula is C4H6ClN3S. The van der Waals surface area contributed by atoms with E-state index in [1.54, 1.807) is 0 Å². The Labute approximate surface area is 62.1 Å². The van der Waals surface area contributed by atoms with Crippen molar-refractivity contribution in [2.75, 3.05) is 11.9 Å². The summed E-state index contributed by atoms with van der Waals surface area (Å²) >= 11 is 6.85. The molecule has 3 nitrogen and oxygen atoms in total. The minimum atomic E-state index is 0.478. The van der Waals surface area contributed by atoms with Gasteiger partial charge in [-0.1, -0.05) is 11.3 Å². The molecule has 1 heterocycles. The van der Waals surface area contributed by atoms with E-state index in [4.69, 9.17) is 11.6 Å². The zero-order valence-corrected chi connectivity index (χ0v) is 6.46. The van der Waals surface area contributed by atoms with Crippen LogP contribution in [0.5, 0.6) is 0 Å². The maximum atomic E-state index is 5.50. The van der Waals surface area contributed by atoms with E-state index in [0.29, 0.717) is 4.47 Å². The normalized spacial score (nSPS) is 9.56. The molecule has 0 saturated carbocycles. The number of nitrogens with one attached hydrogen (secondary N) is 1. The van der Waals surface area contributed by atoms with Gasteiger partial charge in [0.1, 0.15) is 0 Å². The third-order valence-corrected chi connectivity index (χ3v) is 1.70. The molecule has 0 atom stereocenters. The van der Waals surface area contributed by atoms with Gasteiger partial charge < -0.3 is 5.32 Å². The first kappa shape index (κ1) is 6.77. The molecule has 0 aliphatic carbocycles. The minimum Gasteiger partial charge on any atom is -0.360 e. The highest BCUT2D eigenvalue weighted by atomic mass is 35.5. The first-order valence-corrected chi connectivity index (χ1v) is 3.75. The highest BCUT2D eigenvalue weighted by Gasteiger charge is 1.96. The summed E-state index contributed by atoms with van der Waals surface area (Å²) in [6.45, 7) is 2.85. The summed E-state index contributed by atoms with van der Waals surface area (Å²) in [4.78, 5) is 0. The highest BCUT2D eigenvalue weighted by Crippen LogP contribution is 2.18. The van der Waals surface area contributed by atoms with Crippen LogP contribution in [0, 0.1) is 0 Å². The van der Waals surface area contributed by atoms with Crippen molar-refractivity contribution in [3.05, 3.63) is 4.47 Å². The van der Waals surface area contributed by atoms with Gasteiger partial charge in [-0.3, -0.25) is 0 Å². The minimum absolute atomic E-state index is 0.478. The van der Waals surface area contributed by atoms with Gasteiger partial charge in [-0.2, -0.15) is 0 Å². The van der Waals surface area contributed by atoms with Crippen molar-refractivity contribution in [3.8, 4) is 0 Å². The van der Waals surface area contributed by atoms with Crippen molar-refractivity contribution in [3.63, 3.8) is 0 Å². The number of anilines is 1. The number of aromatic nitrogens is 2. The first-order chi connectivity index (χ1) is 4.33. The third-order valence-electron chi connectivity index (χ3n) is 0.728. The lowest BCUT2D eigenvalue weighted by molar-refractivity contribution is 1.07. The Hall–Kier alpha value is -0.350. The monoisotopic (exact) mass is 163 g/mol. The van der Waals surface area contributed by atoms with Crippen molar-refractivity contribution in [2.24, 2.45) is 0 Å². The molecule has 50 valence electrons. The molecule has 0 spiro atoms. The largest absolute Gasteiger partial charge is 0.360 e. The van der Waals surface area contributed by atoms with Crippen LogP contribution in [-0.2, 0) is 0 Å². The summed E-state index contributed by atoms with van der Waals surface area (Å²) in [5.41, 5.74) is 0. The zero-order chi connectivity index (χ0) is 6.69. The second-order valence-corrected chi connectivity index (χ2v) is 2.95. The number of hydrogen-bond donors (Lipinski definition) is 1. The molecule has 1 aromatic rings. The first-order valence-electron chi connectivity index (χ1n) is 2.56.